The zero-order valence-corrected chi connectivity index (χ0v) is 13.8. The van der Waals surface area contributed by atoms with Crippen LogP contribution >= 0.6 is 12.4 Å². The minimum Gasteiger partial charge on any atom is -0.354 e. The Morgan fingerprint density at radius 3 is 2.74 bits per heavy atom. The highest BCUT2D eigenvalue weighted by atomic mass is 35.5. The molecular formula is C16H22ClF3N2O. The number of hydrogen-bond acceptors (Lipinski definition) is 2. The summed E-state index contributed by atoms with van der Waals surface area (Å²) in [4.78, 5) is 12.3. The lowest BCUT2D eigenvalue weighted by Crippen LogP contribution is -2.39. The van der Waals surface area contributed by atoms with Crippen molar-refractivity contribution in [1.82, 2.24) is 10.6 Å². The van der Waals surface area contributed by atoms with Gasteiger partial charge in [0.15, 0.2) is 0 Å². The van der Waals surface area contributed by atoms with E-state index in [1.807, 2.05) is 0 Å². The molecule has 0 aromatic heterocycles. The van der Waals surface area contributed by atoms with Crippen LogP contribution < -0.4 is 10.6 Å². The summed E-state index contributed by atoms with van der Waals surface area (Å²) in [6.45, 7) is 3.28. The van der Waals surface area contributed by atoms with Crippen LogP contribution in [0.4, 0.5) is 13.2 Å². The first-order valence-electron chi connectivity index (χ1n) is 7.60. The fraction of sp³-hybridized carbons (Fsp3) is 0.562. The third kappa shape index (κ3) is 5.39. The number of hydrogen-bond donors (Lipinski definition) is 2. The molecule has 1 saturated heterocycles. The summed E-state index contributed by atoms with van der Waals surface area (Å²) in [5.41, 5.74) is -0.303. The van der Waals surface area contributed by atoms with Gasteiger partial charge in [0, 0.05) is 12.6 Å². The molecule has 1 aromatic carbocycles. The monoisotopic (exact) mass is 350 g/mol. The smallest absolute Gasteiger partial charge is 0.354 e. The Balaban J connectivity index is 0.00000264. The van der Waals surface area contributed by atoms with Gasteiger partial charge in [0.2, 0.25) is 5.91 Å². The van der Waals surface area contributed by atoms with E-state index in [1.165, 1.54) is 6.07 Å². The van der Waals surface area contributed by atoms with Crippen molar-refractivity contribution < 1.29 is 18.0 Å². The maximum atomic E-state index is 12.8. The number of halogens is 4. The molecule has 0 spiro atoms. The highest BCUT2D eigenvalue weighted by Gasteiger charge is 2.31. The lowest BCUT2D eigenvalue weighted by Gasteiger charge is -2.19. The number of carbonyl (C=O) groups excluding carboxylic acids is 1. The van der Waals surface area contributed by atoms with E-state index < -0.39 is 17.7 Å². The Morgan fingerprint density at radius 2 is 2.17 bits per heavy atom. The topological polar surface area (TPSA) is 41.1 Å². The van der Waals surface area contributed by atoms with E-state index in [1.54, 1.807) is 13.0 Å². The predicted molar refractivity (Wildman–Crippen MR) is 85.8 cm³/mol. The standard InChI is InChI=1S/C16H21F3N2O.ClH/c1-2-14(15(22)21-10-13-7-4-8-20-13)11-5-3-6-12(9-11)16(17,18)19;/h3,5-6,9,13-14,20H,2,4,7-8,10H2,1H3,(H,21,22);1H. The van der Waals surface area contributed by atoms with Crippen molar-refractivity contribution >= 4 is 18.3 Å². The SMILES string of the molecule is CCC(C(=O)NCC1CCCN1)c1cccc(C(F)(F)F)c1.Cl. The first kappa shape index (κ1) is 19.8. The number of rotatable bonds is 5. The maximum Gasteiger partial charge on any atom is 0.416 e. The van der Waals surface area contributed by atoms with E-state index in [0.717, 1.165) is 31.5 Å². The maximum absolute atomic E-state index is 12.8. The number of benzene rings is 1. The van der Waals surface area contributed by atoms with Crippen LogP contribution in [0.5, 0.6) is 0 Å². The molecule has 0 bridgehead atoms. The molecule has 3 nitrogen and oxygen atoms in total. The van der Waals surface area contributed by atoms with Crippen molar-refractivity contribution in [3.05, 3.63) is 35.4 Å². The van der Waals surface area contributed by atoms with Gasteiger partial charge in [-0.3, -0.25) is 4.79 Å². The fourth-order valence-corrected chi connectivity index (χ4v) is 2.78. The number of carbonyl (C=O) groups is 1. The van der Waals surface area contributed by atoms with Crippen molar-refractivity contribution in [2.45, 2.75) is 44.3 Å². The molecule has 1 aliphatic heterocycles. The molecule has 130 valence electrons. The van der Waals surface area contributed by atoms with E-state index in [4.69, 9.17) is 0 Å². The van der Waals surface area contributed by atoms with E-state index in [-0.39, 0.29) is 24.4 Å². The van der Waals surface area contributed by atoms with Crippen LogP contribution in [0.1, 0.15) is 43.2 Å². The molecule has 1 aromatic rings. The first-order chi connectivity index (χ1) is 10.4. The van der Waals surface area contributed by atoms with Gasteiger partial charge in [0.05, 0.1) is 11.5 Å². The van der Waals surface area contributed by atoms with Gasteiger partial charge in [-0.15, -0.1) is 12.4 Å². The van der Waals surface area contributed by atoms with Crippen LogP contribution in [0.15, 0.2) is 24.3 Å². The van der Waals surface area contributed by atoms with Crippen LogP contribution in [0.3, 0.4) is 0 Å². The molecule has 2 rings (SSSR count). The molecule has 0 saturated carbocycles. The second-order valence-corrected chi connectivity index (χ2v) is 5.62. The van der Waals surface area contributed by atoms with Crippen LogP contribution in [-0.2, 0) is 11.0 Å². The molecule has 2 atom stereocenters. The Morgan fingerprint density at radius 1 is 1.43 bits per heavy atom. The molecule has 23 heavy (non-hydrogen) atoms. The van der Waals surface area contributed by atoms with Crippen molar-refractivity contribution in [3.63, 3.8) is 0 Å². The van der Waals surface area contributed by atoms with Crippen LogP contribution in [0.25, 0.3) is 0 Å². The summed E-state index contributed by atoms with van der Waals surface area (Å²) >= 11 is 0. The Kier molecular flexibility index (Phi) is 7.35. The van der Waals surface area contributed by atoms with Gasteiger partial charge in [-0.05, 0) is 37.4 Å². The van der Waals surface area contributed by atoms with Gasteiger partial charge < -0.3 is 10.6 Å². The number of amides is 1. The summed E-state index contributed by atoms with van der Waals surface area (Å²) in [5.74, 6) is -0.765. The molecule has 1 amide bonds. The lowest BCUT2D eigenvalue weighted by molar-refractivity contribution is -0.137. The molecule has 1 fully saturated rings. The quantitative estimate of drug-likeness (QED) is 0.853. The minimum absolute atomic E-state index is 0. The Hall–Kier alpha value is -1.27. The van der Waals surface area contributed by atoms with Crippen molar-refractivity contribution in [1.29, 1.82) is 0 Å². The third-order valence-corrected chi connectivity index (χ3v) is 4.03. The predicted octanol–water partition coefficient (Wildman–Crippen LogP) is 3.49. The zero-order valence-electron chi connectivity index (χ0n) is 13.0. The second kappa shape index (κ2) is 8.55. The van der Waals surface area contributed by atoms with Crippen LogP contribution in [0.2, 0.25) is 0 Å². The van der Waals surface area contributed by atoms with Gasteiger partial charge in [-0.1, -0.05) is 25.1 Å². The van der Waals surface area contributed by atoms with E-state index in [2.05, 4.69) is 10.6 Å². The second-order valence-electron chi connectivity index (χ2n) is 5.62. The Bertz CT molecular complexity index is 516. The Labute approximate surface area is 140 Å². The summed E-state index contributed by atoms with van der Waals surface area (Å²) < 4.78 is 38.3. The van der Waals surface area contributed by atoms with Gasteiger partial charge in [-0.25, -0.2) is 0 Å². The van der Waals surface area contributed by atoms with E-state index in [0.29, 0.717) is 18.5 Å². The lowest BCUT2D eigenvalue weighted by atomic mass is 9.94. The molecular weight excluding hydrogens is 329 g/mol. The molecule has 1 aliphatic rings. The van der Waals surface area contributed by atoms with Crippen molar-refractivity contribution in [2.75, 3.05) is 13.1 Å². The van der Waals surface area contributed by atoms with Crippen LogP contribution in [-0.4, -0.2) is 25.0 Å². The summed E-state index contributed by atoms with van der Waals surface area (Å²) in [6.07, 6.45) is -1.82. The largest absolute Gasteiger partial charge is 0.416 e. The zero-order chi connectivity index (χ0) is 16.2. The number of nitrogens with one attached hydrogen (secondary N) is 2. The molecule has 7 heteroatoms. The van der Waals surface area contributed by atoms with E-state index >= 15 is 0 Å². The molecule has 2 unspecified atom stereocenters. The van der Waals surface area contributed by atoms with Gasteiger partial charge in [0.25, 0.3) is 0 Å². The van der Waals surface area contributed by atoms with Crippen molar-refractivity contribution in [3.8, 4) is 0 Å². The van der Waals surface area contributed by atoms with Gasteiger partial charge in [0.1, 0.15) is 0 Å². The highest BCUT2D eigenvalue weighted by Crippen LogP contribution is 2.31. The van der Waals surface area contributed by atoms with E-state index in [9.17, 15) is 18.0 Å². The minimum atomic E-state index is -4.39. The summed E-state index contributed by atoms with van der Waals surface area (Å²) in [7, 11) is 0. The van der Waals surface area contributed by atoms with Gasteiger partial charge in [-0.2, -0.15) is 13.2 Å². The molecule has 2 N–H and O–H groups in total. The number of alkyl halides is 3. The molecule has 0 aliphatic carbocycles. The third-order valence-electron chi connectivity index (χ3n) is 4.03. The molecule has 1 heterocycles. The highest BCUT2D eigenvalue weighted by molar-refractivity contribution is 5.85. The first-order valence-corrected chi connectivity index (χ1v) is 7.60. The normalized spacial score (nSPS) is 19.0. The average Bonchev–Trinajstić information content (AvgIpc) is 2.99. The fourth-order valence-electron chi connectivity index (χ4n) is 2.78. The summed E-state index contributed by atoms with van der Waals surface area (Å²) in [6, 6.07) is 5.30. The van der Waals surface area contributed by atoms with Crippen LogP contribution in [0, 0.1) is 0 Å². The molecule has 0 radical (unpaired) electrons. The van der Waals surface area contributed by atoms with Gasteiger partial charge >= 0.3 is 6.18 Å². The summed E-state index contributed by atoms with van der Waals surface area (Å²) in [5, 5.41) is 6.12. The van der Waals surface area contributed by atoms with Crippen molar-refractivity contribution in [2.24, 2.45) is 0 Å². The average molecular weight is 351 g/mol.